The van der Waals surface area contributed by atoms with E-state index in [0.29, 0.717) is 25.7 Å². The van der Waals surface area contributed by atoms with E-state index < -0.39 is 0 Å². The van der Waals surface area contributed by atoms with Crippen LogP contribution in [0.2, 0.25) is 0 Å². The van der Waals surface area contributed by atoms with Crippen LogP contribution in [0, 0.1) is 0 Å². The summed E-state index contributed by atoms with van der Waals surface area (Å²) in [7, 11) is 0. The molecule has 0 bridgehead atoms. The number of hydrogen-bond acceptors (Lipinski definition) is 4. The first-order chi connectivity index (χ1) is 9.72. The van der Waals surface area contributed by atoms with Crippen LogP contribution in [-0.4, -0.2) is 60.9 Å². The van der Waals surface area contributed by atoms with Crippen LogP contribution >= 0.6 is 0 Å². The summed E-state index contributed by atoms with van der Waals surface area (Å²) < 4.78 is 5.78. The second-order valence-corrected chi connectivity index (χ2v) is 5.35. The molecule has 118 valence electrons. The van der Waals surface area contributed by atoms with Gasteiger partial charge in [0.05, 0.1) is 25.7 Å². The molecule has 1 fully saturated rings. The van der Waals surface area contributed by atoms with Crippen LogP contribution in [0.5, 0.6) is 0 Å². The number of nitrogens with one attached hydrogen (secondary N) is 1. The molecule has 0 aliphatic carbocycles. The molecule has 20 heavy (non-hydrogen) atoms. The highest BCUT2D eigenvalue weighted by molar-refractivity contribution is 5.76. The van der Waals surface area contributed by atoms with Gasteiger partial charge in [-0.15, -0.1) is 0 Å². The fourth-order valence-corrected chi connectivity index (χ4v) is 2.77. The Morgan fingerprint density at radius 3 is 2.55 bits per heavy atom. The number of nitrogens with zero attached hydrogens (tertiary/aromatic N) is 1. The lowest BCUT2D eigenvalue weighted by Gasteiger charge is -2.30. The highest BCUT2D eigenvalue weighted by atomic mass is 16.5. The molecule has 2 N–H and O–H groups in total. The summed E-state index contributed by atoms with van der Waals surface area (Å²) in [5.41, 5.74) is 0. The molecule has 1 rings (SSSR count). The minimum absolute atomic E-state index is 0.0252. The number of piperidine rings is 1. The smallest absolute Gasteiger partial charge is 0.225 e. The number of carbonyl (C=O) groups is 1. The van der Waals surface area contributed by atoms with Crippen molar-refractivity contribution >= 4 is 5.91 Å². The van der Waals surface area contributed by atoms with E-state index >= 15 is 0 Å². The Balaban J connectivity index is 2.33. The van der Waals surface area contributed by atoms with Crippen LogP contribution in [0.15, 0.2) is 0 Å². The maximum Gasteiger partial charge on any atom is 0.225 e. The summed E-state index contributed by atoms with van der Waals surface area (Å²) in [6.07, 6.45) is 4.63. The Labute approximate surface area is 122 Å². The molecule has 0 unspecified atom stereocenters. The number of aliphatic hydroxyl groups excluding tert-OH is 1. The lowest BCUT2D eigenvalue weighted by molar-refractivity contribution is -0.136. The second kappa shape index (κ2) is 10.1. The van der Waals surface area contributed by atoms with Gasteiger partial charge in [0.1, 0.15) is 0 Å². The summed E-state index contributed by atoms with van der Waals surface area (Å²) in [4.78, 5) is 14.1. The molecule has 0 aromatic rings. The van der Waals surface area contributed by atoms with Gasteiger partial charge in [-0.05, 0) is 38.8 Å². The number of amides is 1. The third kappa shape index (κ3) is 5.77. The molecular weight excluding hydrogens is 256 g/mol. The molecule has 5 nitrogen and oxygen atoms in total. The number of carbonyl (C=O) groups excluding carboxylic acids is 1. The van der Waals surface area contributed by atoms with Gasteiger partial charge in [-0.3, -0.25) is 4.79 Å². The maximum absolute atomic E-state index is 12.3. The summed E-state index contributed by atoms with van der Waals surface area (Å²) >= 11 is 0. The van der Waals surface area contributed by atoms with Gasteiger partial charge in [0, 0.05) is 12.6 Å². The summed E-state index contributed by atoms with van der Waals surface area (Å²) in [6, 6.07) is 0.230. The van der Waals surface area contributed by atoms with E-state index in [4.69, 9.17) is 9.84 Å². The first-order valence-corrected chi connectivity index (χ1v) is 7.95. The van der Waals surface area contributed by atoms with Gasteiger partial charge in [-0.25, -0.2) is 0 Å². The van der Waals surface area contributed by atoms with Crippen molar-refractivity contribution in [2.24, 2.45) is 0 Å². The van der Waals surface area contributed by atoms with Gasteiger partial charge < -0.3 is 20.1 Å². The molecule has 1 saturated heterocycles. The Bertz CT molecular complexity index is 264. The number of aliphatic hydroxyl groups is 1. The fraction of sp³-hybridized carbons (Fsp3) is 0.933. The minimum atomic E-state index is 0.0252. The summed E-state index contributed by atoms with van der Waals surface area (Å²) in [6.45, 7) is 7.11. The Kier molecular flexibility index (Phi) is 8.82. The van der Waals surface area contributed by atoms with Gasteiger partial charge in [0.2, 0.25) is 5.91 Å². The average molecular weight is 286 g/mol. The molecule has 0 saturated carbocycles. The third-order valence-electron chi connectivity index (χ3n) is 4.00. The first-order valence-electron chi connectivity index (χ1n) is 7.95. The zero-order valence-corrected chi connectivity index (χ0v) is 12.9. The van der Waals surface area contributed by atoms with Crippen LogP contribution in [-0.2, 0) is 9.53 Å². The maximum atomic E-state index is 12.3. The topological polar surface area (TPSA) is 61.8 Å². The molecular formula is C15H30N2O3. The zero-order valence-electron chi connectivity index (χ0n) is 12.9. The Morgan fingerprint density at radius 1 is 1.35 bits per heavy atom. The largest absolute Gasteiger partial charge is 0.395 e. The molecule has 5 heteroatoms. The van der Waals surface area contributed by atoms with E-state index in [9.17, 15) is 4.79 Å². The van der Waals surface area contributed by atoms with Crippen molar-refractivity contribution in [3.8, 4) is 0 Å². The third-order valence-corrected chi connectivity index (χ3v) is 4.00. The molecule has 0 atom stereocenters. The van der Waals surface area contributed by atoms with E-state index in [-0.39, 0.29) is 18.6 Å². The van der Waals surface area contributed by atoms with E-state index in [2.05, 4.69) is 19.2 Å². The highest BCUT2D eigenvalue weighted by Gasteiger charge is 2.21. The van der Waals surface area contributed by atoms with Crippen molar-refractivity contribution < 1.29 is 14.6 Å². The highest BCUT2D eigenvalue weighted by Crippen LogP contribution is 2.12. The van der Waals surface area contributed by atoms with Crippen LogP contribution < -0.4 is 5.32 Å². The lowest BCUT2D eigenvalue weighted by Crippen LogP contribution is -2.42. The number of hydrogen-bond donors (Lipinski definition) is 2. The van der Waals surface area contributed by atoms with Crippen LogP contribution in [0.25, 0.3) is 0 Å². The fourth-order valence-electron chi connectivity index (χ4n) is 2.77. The second-order valence-electron chi connectivity index (χ2n) is 5.35. The minimum Gasteiger partial charge on any atom is -0.395 e. The van der Waals surface area contributed by atoms with Crippen molar-refractivity contribution in [2.75, 3.05) is 32.8 Å². The van der Waals surface area contributed by atoms with E-state index in [1.807, 2.05) is 4.90 Å². The lowest BCUT2D eigenvalue weighted by atomic mass is 10.1. The van der Waals surface area contributed by atoms with Crippen molar-refractivity contribution in [2.45, 2.75) is 58.1 Å². The van der Waals surface area contributed by atoms with E-state index in [0.717, 1.165) is 38.8 Å². The van der Waals surface area contributed by atoms with E-state index in [1.165, 1.54) is 0 Å². The Morgan fingerprint density at radius 2 is 2.00 bits per heavy atom. The molecule has 0 radical (unpaired) electrons. The van der Waals surface area contributed by atoms with Crippen LogP contribution in [0.1, 0.15) is 46.0 Å². The Hall–Kier alpha value is -0.650. The standard InChI is InChI=1S/C15H30N2O3/c1-3-13(4-2)17(10-11-18)15(19)7-12-20-14-5-8-16-9-6-14/h13-14,16,18H,3-12H2,1-2H3. The molecule has 1 aliphatic heterocycles. The molecule has 1 amide bonds. The predicted octanol–water partition coefficient (Wildman–Crippen LogP) is 1.15. The SMILES string of the molecule is CCC(CC)N(CCO)C(=O)CCOC1CCNCC1. The van der Waals surface area contributed by atoms with Gasteiger partial charge in [-0.2, -0.15) is 0 Å². The average Bonchev–Trinajstić information content (AvgIpc) is 2.48. The van der Waals surface area contributed by atoms with Crippen LogP contribution in [0.3, 0.4) is 0 Å². The van der Waals surface area contributed by atoms with Crippen molar-refractivity contribution in [3.05, 3.63) is 0 Å². The molecule has 0 spiro atoms. The quantitative estimate of drug-likeness (QED) is 0.667. The summed E-state index contributed by atoms with van der Waals surface area (Å²) in [5.74, 6) is 0.0988. The zero-order chi connectivity index (χ0) is 14.8. The predicted molar refractivity (Wildman–Crippen MR) is 79.6 cm³/mol. The summed E-state index contributed by atoms with van der Waals surface area (Å²) in [5, 5.41) is 12.4. The monoisotopic (exact) mass is 286 g/mol. The van der Waals surface area contributed by atoms with Gasteiger partial charge in [0.25, 0.3) is 0 Å². The number of rotatable bonds is 9. The first kappa shape index (κ1) is 17.4. The van der Waals surface area contributed by atoms with Gasteiger partial charge in [0.15, 0.2) is 0 Å². The van der Waals surface area contributed by atoms with Crippen LogP contribution in [0.4, 0.5) is 0 Å². The normalized spacial score (nSPS) is 16.6. The van der Waals surface area contributed by atoms with Crippen molar-refractivity contribution in [3.63, 3.8) is 0 Å². The number of ether oxygens (including phenoxy) is 1. The molecule has 1 heterocycles. The molecule has 1 aliphatic rings. The van der Waals surface area contributed by atoms with E-state index in [1.54, 1.807) is 0 Å². The van der Waals surface area contributed by atoms with Crippen molar-refractivity contribution in [1.29, 1.82) is 0 Å². The van der Waals surface area contributed by atoms with Gasteiger partial charge in [-0.1, -0.05) is 13.8 Å². The van der Waals surface area contributed by atoms with Gasteiger partial charge >= 0.3 is 0 Å². The van der Waals surface area contributed by atoms with Crippen molar-refractivity contribution in [1.82, 2.24) is 10.2 Å². The molecule has 0 aromatic carbocycles. The molecule has 0 aromatic heterocycles.